The third-order valence-electron chi connectivity index (χ3n) is 6.58. The average molecular weight is 525 g/mol. The van der Waals surface area contributed by atoms with Crippen molar-refractivity contribution in [2.45, 2.75) is 39.3 Å². The molecule has 1 heterocycles. The molecule has 0 saturated carbocycles. The number of carbonyl (C=O) groups is 1. The first-order chi connectivity index (χ1) is 18.4. The molecule has 0 aliphatic carbocycles. The van der Waals surface area contributed by atoms with Gasteiger partial charge in [0, 0.05) is 31.2 Å². The number of likely N-dealkylation sites (tertiary alicyclic amines) is 1. The van der Waals surface area contributed by atoms with Gasteiger partial charge >= 0.3 is 0 Å². The van der Waals surface area contributed by atoms with Crippen LogP contribution < -0.4 is 19.5 Å². The number of hydrogen-bond donors (Lipinski definition) is 1. The molecule has 0 atom stereocenters. The SMILES string of the molecule is CCOc1cc(CN2CCC(NC(=O)c3cc(OC)cc(-c4ccc(F)cc4)c3)CC2)cc(OCC)c1F. The maximum atomic E-state index is 14.6. The van der Waals surface area contributed by atoms with Gasteiger partial charge in [-0.15, -0.1) is 0 Å². The van der Waals surface area contributed by atoms with Gasteiger partial charge in [-0.2, -0.15) is 4.39 Å². The fourth-order valence-electron chi connectivity index (χ4n) is 4.66. The summed E-state index contributed by atoms with van der Waals surface area (Å²) in [5.41, 5.74) is 2.99. The van der Waals surface area contributed by atoms with E-state index in [2.05, 4.69) is 10.2 Å². The lowest BCUT2D eigenvalue weighted by molar-refractivity contribution is 0.0908. The lowest BCUT2D eigenvalue weighted by atomic mass is 10.0. The van der Waals surface area contributed by atoms with Gasteiger partial charge in [-0.3, -0.25) is 9.69 Å². The highest BCUT2D eigenvalue weighted by molar-refractivity contribution is 5.96. The zero-order valence-corrected chi connectivity index (χ0v) is 22.1. The van der Waals surface area contributed by atoms with E-state index in [1.54, 1.807) is 43.5 Å². The summed E-state index contributed by atoms with van der Waals surface area (Å²) < 4.78 is 44.3. The van der Waals surface area contributed by atoms with Crippen LogP contribution in [-0.2, 0) is 6.54 Å². The molecule has 1 aliphatic heterocycles. The van der Waals surface area contributed by atoms with Gasteiger partial charge in [-0.1, -0.05) is 12.1 Å². The molecule has 0 unspecified atom stereocenters. The average Bonchev–Trinajstić information content (AvgIpc) is 2.92. The molecule has 3 aromatic carbocycles. The molecule has 0 aromatic heterocycles. The Bertz CT molecular complexity index is 1210. The Morgan fingerprint density at radius 3 is 2.13 bits per heavy atom. The van der Waals surface area contributed by atoms with Gasteiger partial charge in [0.15, 0.2) is 11.5 Å². The van der Waals surface area contributed by atoms with Crippen LogP contribution in [0.15, 0.2) is 54.6 Å². The van der Waals surface area contributed by atoms with E-state index in [0.717, 1.165) is 42.6 Å². The summed E-state index contributed by atoms with van der Waals surface area (Å²) in [6, 6.07) is 15.0. The normalized spacial score (nSPS) is 14.2. The summed E-state index contributed by atoms with van der Waals surface area (Å²) in [5.74, 6) is 0.00235. The minimum atomic E-state index is -0.473. The molecule has 0 radical (unpaired) electrons. The van der Waals surface area contributed by atoms with Crippen molar-refractivity contribution < 1.29 is 27.8 Å². The van der Waals surface area contributed by atoms with Gasteiger partial charge in [-0.25, -0.2) is 4.39 Å². The van der Waals surface area contributed by atoms with Crippen LogP contribution in [0.3, 0.4) is 0 Å². The number of piperidine rings is 1. The largest absolute Gasteiger partial charge is 0.497 e. The van der Waals surface area contributed by atoms with E-state index in [1.165, 1.54) is 12.1 Å². The smallest absolute Gasteiger partial charge is 0.251 e. The van der Waals surface area contributed by atoms with Crippen molar-refractivity contribution in [1.29, 1.82) is 0 Å². The number of carbonyl (C=O) groups excluding carboxylic acids is 1. The van der Waals surface area contributed by atoms with Crippen LogP contribution in [0.5, 0.6) is 17.2 Å². The second-order valence-corrected chi connectivity index (χ2v) is 9.25. The Kier molecular flexibility index (Phi) is 9.18. The van der Waals surface area contributed by atoms with Crippen LogP contribution in [0.4, 0.5) is 8.78 Å². The molecule has 6 nitrogen and oxygen atoms in total. The molecular weight excluding hydrogens is 490 g/mol. The predicted octanol–water partition coefficient (Wildman–Crippen LogP) is 5.83. The fourth-order valence-corrected chi connectivity index (χ4v) is 4.66. The van der Waals surface area contributed by atoms with Crippen LogP contribution in [0.25, 0.3) is 11.1 Å². The Balaban J connectivity index is 1.38. The van der Waals surface area contributed by atoms with E-state index in [0.29, 0.717) is 31.1 Å². The highest BCUT2D eigenvalue weighted by atomic mass is 19.1. The molecule has 38 heavy (non-hydrogen) atoms. The van der Waals surface area contributed by atoms with Crippen molar-refractivity contribution in [3.8, 4) is 28.4 Å². The molecule has 1 N–H and O–H groups in total. The van der Waals surface area contributed by atoms with Crippen LogP contribution in [0, 0.1) is 11.6 Å². The Morgan fingerprint density at radius 1 is 0.921 bits per heavy atom. The van der Waals surface area contributed by atoms with E-state index in [9.17, 15) is 13.6 Å². The van der Waals surface area contributed by atoms with Crippen LogP contribution in [-0.4, -0.2) is 50.3 Å². The summed E-state index contributed by atoms with van der Waals surface area (Å²) in [6.07, 6.45) is 1.58. The number of ether oxygens (including phenoxy) is 3. The highest BCUT2D eigenvalue weighted by Gasteiger charge is 2.23. The summed E-state index contributed by atoms with van der Waals surface area (Å²) in [5, 5.41) is 3.15. The topological polar surface area (TPSA) is 60.0 Å². The maximum Gasteiger partial charge on any atom is 0.251 e. The van der Waals surface area contributed by atoms with Crippen molar-refractivity contribution >= 4 is 5.91 Å². The molecule has 3 aromatic rings. The Labute approximate surface area is 222 Å². The molecule has 4 rings (SSSR count). The van der Waals surface area contributed by atoms with Gasteiger partial charge in [0.05, 0.1) is 20.3 Å². The molecule has 0 bridgehead atoms. The minimum absolute atomic E-state index is 0.0328. The molecule has 202 valence electrons. The van der Waals surface area contributed by atoms with Crippen molar-refractivity contribution in [3.05, 3.63) is 77.4 Å². The Morgan fingerprint density at radius 2 is 1.55 bits per heavy atom. The van der Waals surface area contributed by atoms with Gasteiger partial charge in [0.1, 0.15) is 11.6 Å². The molecule has 1 saturated heterocycles. The van der Waals surface area contributed by atoms with Crippen molar-refractivity contribution in [2.24, 2.45) is 0 Å². The van der Waals surface area contributed by atoms with E-state index >= 15 is 0 Å². The number of hydrogen-bond acceptors (Lipinski definition) is 5. The van der Waals surface area contributed by atoms with Crippen LogP contribution in [0.2, 0.25) is 0 Å². The summed E-state index contributed by atoms with van der Waals surface area (Å²) in [4.78, 5) is 15.4. The van der Waals surface area contributed by atoms with Crippen molar-refractivity contribution in [1.82, 2.24) is 10.2 Å². The van der Waals surface area contributed by atoms with Gasteiger partial charge in [0.25, 0.3) is 5.91 Å². The summed E-state index contributed by atoms with van der Waals surface area (Å²) in [6.45, 7) is 6.59. The first-order valence-electron chi connectivity index (χ1n) is 13.0. The third kappa shape index (κ3) is 6.81. The number of rotatable bonds is 10. The van der Waals surface area contributed by atoms with E-state index in [-0.39, 0.29) is 29.3 Å². The fraction of sp³-hybridized carbons (Fsp3) is 0.367. The summed E-state index contributed by atoms with van der Waals surface area (Å²) >= 11 is 0. The van der Waals surface area contributed by atoms with Crippen LogP contribution >= 0.6 is 0 Å². The first kappa shape index (κ1) is 27.4. The third-order valence-corrected chi connectivity index (χ3v) is 6.58. The lowest BCUT2D eigenvalue weighted by Gasteiger charge is -2.32. The van der Waals surface area contributed by atoms with Crippen LogP contribution in [0.1, 0.15) is 42.6 Å². The minimum Gasteiger partial charge on any atom is -0.497 e. The van der Waals surface area contributed by atoms with Crippen molar-refractivity contribution in [2.75, 3.05) is 33.4 Å². The zero-order valence-electron chi connectivity index (χ0n) is 22.1. The molecule has 1 amide bonds. The monoisotopic (exact) mass is 524 g/mol. The highest BCUT2D eigenvalue weighted by Crippen LogP contribution is 2.30. The quantitative estimate of drug-likeness (QED) is 0.362. The Hall–Kier alpha value is -3.65. The second kappa shape index (κ2) is 12.7. The molecule has 1 aliphatic rings. The van der Waals surface area contributed by atoms with E-state index in [4.69, 9.17) is 14.2 Å². The molecule has 1 fully saturated rings. The standard InChI is InChI=1S/C30H34F2N2O4/c1-4-37-27-14-20(15-28(29(27)32)38-5-2)19-34-12-10-25(11-13-34)33-30(35)23-16-22(17-26(18-23)36-3)21-6-8-24(31)9-7-21/h6-9,14-18,25H,4-5,10-13,19H2,1-3H3,(H,33,35). The molecular formula is C30H34F2N2O4. The first-order valence-corrected chi connectivity index (χ1v) is 13.0. The van der Waals surface area contributed by atoms with E-state index in [1.807, 2.05) is 19.9 Å². The lowest BCUT2D eigenvalue weighted by Crippen LogP contribution is -2.44. The number of nitrogens with zero attached hydrogens (tertiary/aromatic N) is 1. The van der Waals surface area contributed by atoms with Crippen molar-refractivity contribution in [3.63, 3.8) is 0 Å². The predicted molar refractivity (Wildman–Crippen MR) is 143 cm³/mol. The zero-order chi connectivity index (χ0) is 27.1. The molecule has 8 heteroatoms. The number of nitrogens with one attached hydrogen (secondary N) is 1. The number of halogens is 2. The maximum absolute atomic E-state index is 14.6. The number of methoxy groups -OCH3 is 1. The number of amides is 1. The van der Waals surface area contributed by atoms with Gasteiger partial charge in [-0.05, 0) is 85.8 Å². The van der Waals surface area contributed by atoms with Gasteiger partial charge in [0.2, 0.25) is 5.82 Å². The molecule has 0 spiro atoms. The second-order valence-electron chi connectivity index (χ2n) is 9.25. The summed E-state index contributed by atoms with van der Waals surface area (Å²) in [7, 11) is 1.55. The van der Waals surface area contributed by atoms with Gasteiger partial charge < -0.3 is 19.5 Å². The van der Waals surface area contributed by atoms with E-state index < -0.39 is 5.82 Å². The number of benzene rings is 3.